The molecule has 1 aliphatic carbocycles. The van der Waals surface area contributed by atoms with Crippen molar-refractivity contribution in [2.24, 2.45) is 4.99 Å². The van der Waals surface area contributed by atoms with Crippen LogP contribution in [0.3, 0.4) is 0 Å². The zero-order valence-corrected chi connectivity index (χ0v) is 18.2. The lowest BCUT2D eigenvalue weighted by Gasteiger charge is -2.30. The van der Waals surface area contributed by atoms with Crippen molar-refractivity contribution >= 4 is 16.8 Å². The highest BCUT2D eigenvalue weighted by Crippen LogP contribution is 2.23. The maximum atomic E-state index is 12.1. The SMILES string of the molecule is CCNC(=NCCCOc1cccc(OC)c1)NC1CCCC(S(=O)CC)C1. The highest BCUT2D eigenvalue weighted by Gasteiger charge is 2.25. The lowest BCUT2D eigenvalue weighted by Crippen LogP contribution is -2.46. The zero-order valence-electron chi connectivity index (χ0n) is 17.4. The minimum absolute atomic E-state index is 0.315. The van der Waals surface area contributed by atoms with E-state index >= 15 is 0 Å². The smallest absolute Gasteiger partial charge is 0.191 e. The second-order valence-corrected chi connectivity index (χ2v) is 8.95. The van der Waals surface area contributed by atoms with Crippen LogP contribution < -0.4 is 20.1 Å². The summed E-state index contributed by atoms with van der Waals surface area (Å²) in [5, 5.41) is 7.17. The Hall–Kier alpha value is -1.76. The van der Waals surface area contributed by atoms with Crippen LogP contribution in [0.5, 0.6) is 11.5 Å². The number of benzene rings is 1. The molecule has 2 rings (SSSR count). The Balaban J connectivity index is 1.77. The van der Waals surface area contributed by atoms with E-state index in [1.54, 1.807) is 7.11 Å². The minimum Gasteiger partial charge on any atom is -0.497 e. The minimum atomic E-state index is -0.707. The number of guanidine groups is 1. The van der Waals surface area contributed by atoms with E-state index in [0.29, 0.717) is 24.4 Å². The first-order valence-electron chi connectivity index (χ1n) is 10.3. The van der Waals surface area contributed by atoms with Crippen molar-refractivity contribution in [2.75, 3.05) is 32.6 Å². The summed E-state index contributed by atoms with van der Waals surface area (Å²) in [6, 6.07) is 7.98. The van der Waals surface area contributed by atoms with Gasteiger partial charge in [0.25, 0.3) is 0 Å². The molecule has 0 bridgehead atoms. The molecule has 0 spiro atoms. The Morgan fingerprint density at radius 3 is 2.86 bits per heavy atom. The molecule has 0 amide bonds. The standard InChI is InChI=1S/C21H35N3O3S/c1-4-22-21(24-17-9-6-12-20(15-17)28(25)5-2)23-13-8-14-27-19-11-7-10-18(16-19)26-3/h7,10-11,16-17,20H,4-6,8-9,12-15H2,1-3H3,(H2,22,23,24). The highest BCUT2D eigenvalue weighted by atomic mass is 32.2. The first-order chi connectivity index (χ1) is 13.7. The van der Waals surface area contributed by atoms with Gasteiger partial charge in [0, 0.05) is 53.4 Å². The topological polar surface area (TPSA) is 72.0 Å². The number of nitrogens with one attached hydrogen (secondary N) is 2. The number of aliphatic imine (C=N–C) groups is 1. The maximum absolute atomic E-state index is 12.1. The largest absolute Gasteiger partial charge is 0.497 e. The molecule has 1 fully saturated rings. The summed E-state index contributed by atoms with van der Waals surface area (Å²) in [7, 11) is 0.943. The summed E-state index contributed by atoms with van der Waals surface area (Å²) in [4.78, 5) is 4.68. The molecule has 1 aromatic rings. The molecule has 1 aliphatic rings. The summed E-state index contributed by atoms with van der Waals surface area (Å²) in [6.07, 6.45) is 5.11. The van der Waals surface area contributed by atoms with Crippen molar-refractivity contribution in [2.45, 2.75) is 57.2 Å². The Labute approximate surface area is 171 Å². The van der Waals surface area contributed by atoms with E-state index in [4.69, 9.17) is 9.47 Å². The summed E-state index contributed by atoms with van der Waals surface area (Å²) < 4.78 is 23.1. The van der Waals surface area contributed by atoms with E-state index in [0.717, 1.165) is 61.9 Å². The first-order valence-corrected chi connectivity index (χ1v) is 11.7. The van der Waals surface area contributed by atoms with Crippen molar-refractivity contribution in [3.8, 4) is 11.5 Å². The molecule has 7 heteroatoms. The van der Waals surface area contributed by atoms with Gasteiger partial charge < -0.3 is 20.1 Å². The number of nitrogens with zero attached hydrogens (tertiary/aromatic N) is 1. The average molecular weight is 410 g/mol. The molecule has 0 radical (unpaired) electrons. The van der Waals surface area contributed by atoms with Crippen LogP contribution in [0, 0.1) is 0 Å². The average Bonchev–Trinajstić information content (AvgIpc) is 2.73. The fourth-order valence-corrected chi connectivity index (χ4v) is 4.75. The number of ether oxygens (including phenoxy) is 2. The monoisotopic (exact) mass is 409 g/mol. The van der Waals surface area contributed by atoms with E-state index in [2.05, 4.69) is 22.5 Å². The van der Waals surface area contributed by atoms with E-state index in [9.17, 15) is 4.21 Å². The number of hydrogen-bond acceptors (Lipinski definition) is 4. The van der Waals surface area contributed by atoms with Gasteiger partial charge in [0.2, 0.25) is 0 Å². The second kappa shape index (κ2) is 12.6. The van der Waals surface area contributed by atoms with Crippen LogP contribution in [-0.4, -0.2) is 54.0 Å². The van der Waals surface area contributed by atoms with Crippen molar-refractivity contribution in [3.63, 3.8) is 0 Å². The molecule has 0 saturated heterocycles. The zero-order chi connectivity index (χ0) is 20.2. The third-order valence-electron chi connectivity index (χ3n) is 4.85. The summed E-state index contributed by atoms with van der Waals surface area (Å²) in [5.41, 5.74) is 0. The molecule has 0 heterocycles. The highest BCUT2D eigenvalue weighted by molar-refractivity contribution is 7.85. The van der Waals surface area contributed by atoms with Crippen molar-refractivity contribution in [1.82, 2.24) is 10.6 Å². The van der Waals surface area contributed by atoms with Crippen LogP contribution in [-0.2, 0) is 10.8 Å². The second-order valence-electron chi connectivity index (χ2n) is 6.94. The van der Waals surface area contributed by atoms with Crippen LogP contribution in [0.2, 0.25) is 0 Å². The Morgan fingerprint density at radius 2 is 2.11 bits per heavy atom. The third kappa shape index (κ3) is 7.70. The molecule has 0 aliphatic heterocycles. The Kier molecular flexibility index (Phi) is 10.2. The normalized spacial score (nSPS) is 21.0. The summed E-state index contributed by atoms with van der Waals surface area (Å²) in [5.74, 6) is 3.20. The number of hydrogen-bond donors (Lipinski definition) is 2. The van der Waals surface area contributed by atoms with Crippen LogP contribution in [0.4, 0.5) is 0 Å². The van der Waals surface area contributed by atoms with E-state index in [1.165, 1.54) is 0 Å². The van der Waals surface area contributed by atoms with Gasteiger partial charge in [-0.2, -0.15) is 0 Å². The fourth-order valence-electron chi connectivity index (χ4n) is 3.40. The molecule has 6 nitrogen and oxygen atoms in total. The van der Waals surface area contributed by atoms with Gasteiger partial charge in [-0.25, -0.2) is 0 Å². The number of methoxy groups -OCH3 is 1. The molecular weight excluding hydrogens is 374 g/mol. The van der Waals surface area contributed by atoms with Crippen molar-refractivity contribution in [3.05, 3.63) is 24.3 Å². The van der Waals surface area contributed by atoms with E-state index < -0.39 is 10.8 Å². The lowest BCUT2D eigenvalue weighted by atomic mass is 9.95. The molecule has 28 heavy (non-hydrogen) atoms. The van der Waals surface area contributed by atoms with Crippen LogP contribution in [0.1, 0.15) is 46.0 Å². The summed E-state index contributed by atoms with van der Waals surface area (Å²) in [6.45, 7) is 6.20. The van der Waals surface area contributed by atoms with Gasteiger partial charge in [-0.1, -0.05) is 19.4 Å². The predicted octanol–water partition coefficient (Wildman–Crippen LogP) is 3.10. The number of rotatable bonds is 10. The van der Waals surface area contributed by atoms with Crippen molar-refractivity contribution < 1.29 is 13.7 Å². The van der Waals surface area contributed by atoms with Crippen LogP contribution in [0.15, 0.2) is 29.3 Å². The molecule has 0 aromatic heterocycles. The van der Waals surface area contributed by atoms with Gasteiger partial charge in [0.05, 0.1) is 13.7 Å². The van der Waals surface area contributed by atoms with Gasteiger partial charge in [0.15, 0.2) is 5.96 Å². The van der Waals surface area contributed by atoms with E-state index in [1.807, 2.05) is 31.2 Å². The van der Waals surface area contributed by atoms with Gasteiger partial charge in [-0.15, -0.1) is 0 Å². The van der Waals surface area contributed by atoms with Gasteiger partial charge in [-0.3, -0.25) is 9.20 Å². The van der Waals surface area contributed by atoms with Gasteiger partial charge >= 0.3 is 0 Å². The molecular formula is C21H35N3O3S. The molecule has 2 N–H and O–H groups in total. The predicted molar refractivity (Wildman–Crippen MR) is 117 cm³/mol. The third-order valence-corrected chi connectivity index (χ3v) is 6.59. The quantitative estimate of drug-likeness (QED) is 0.353. The summed E-state index contributed by atoms with van der Waals surface area (Å²) >= 11 is 0. The molecule has 1 saturated carbocycles. The molecule has 1 aromatic carbocycles. The van der Waals surface area contributed by atoms with E-state index in [-0.39, 0.29) is 0 Å². The van der Waals surface area contributed by atoms with Crippen LogP contribution in [0.25, 0.3) is 0 Å². The molecule has 3 atom stereocenters. The molecule has 158 valence electrons. The first kappa shape index (κ1) is 22.5. The Bertz CT molecular complexity index is 639. The van der Waals surface area contributed by atoms with Gasteiger partial charge in [-0.05, 0) is 38.3 Å². The van der Waals surface area contributed by atoms with Gasteiger partial charge in [0.1, 0.15) is 11.5 Å². The maximum Gasteiger partial charge on any atom is 0.191 e. The molecule has 3 unspecified atom stereocenters. The Morgan fingerprint density at radius 1 is 1.29 bits per heavy atom. The van der Waals surface area contributed by atoms with Crippen LogP contribution >= 0.6 is 0 Å². The fraction of sp³-hybridized carbons (Fsp3) is 0.667. The lowest BCUT2D eigenvalue weighted by molar-refractivity contribution is 0.311. The van der Waals surface area contributed by atoms with Crippen molar-refractivity contribution in [1.29, 1.82) is 0 Å².